The number of halogens is 1. The first-order valence-corrected chi connectivity index (χ1v) is 8.56. The smallest absolute Gasteiger partial charge is 0.258 e. The summed E-state index contributed by atoms with van der Waals surface area (Å²) in [5.74, 6) is 1.000. The lowest BCUT2D eigenvalue weighted by Crippen LogP contribution is -2.33. The zero-order valence-electron chi connectivity index (χ0n) is 14.4. The van der Waals surface area contributed by atoms with E-state index in [-0.39, 0.29) is 18.6 Å². The van der Waals surface area contributed by atoms with Crippen LogP contribution in [0, 0.1) is 12.8 Å². The van der Waals surface area contributed by atoms with E-state index in [1.54, 1.807) is 12.1 Å². The Bertz CT molecular complexity index is 671. The largest absolute Gasteiger partial charge is 0.484 e. The van der Waals surface area contributed by atoms with E-state index >= 15 is 0 Å². The van der Waals surface area contributed by atoms with E-state index in [0.717, 1.165) is 17.5 Å². The topological polar surface area (TPSA) is 38.3 Å². The number of carbonyl (C=O) groups excluding carboxylic acids is 1. The molecule has 0 bridgehead atoms. The normalized spacial score (nSPS) is 12.0. The highest BCUT2D eigenvalue weighted by Crippen LogP contribution is 2.22. The van der Waals surface area contributed by atoms with Crippen LogP contribution in [0.3, 0.4) is 0 Å². The van der Waals surface area contributed by atoms with E-state index in [2.05, 4.69) is 19.2 Å². The lowest BCUT2D eigenvalue weighted by atomic mass is 9.97. The number of carbonyl (C=O) groups is 1. The molecule has 0 saturated heterocycles. The summed E-state index contributed by atoms with van der Waals surface area (Å²) in [5.41, 5.74) is 2.04. The van der Waals surface area contributed by atoms with Crippen LogP contribution in [0.4, 0.5) is 0 Å². The fourth-order valence-corrected chi connectivity index (χ4v) is 2.64. The number of hydrogen-bond donors (Lipinski definition) is 1. The van der Waals surface area contributed by atoms with Crippen molar-refractivity contribution in [2.75, 3.05) is 6.61 Å². The minimum Gasteiger partial charge on any atom is -0.484 e. The Balaban J connectivity index is 1.96. The van der Waals surface area contributed by atoms with Crippen LogP contribution in [0.5, 0.6) is 5.75 Å². The van der Waals surface area contributed by atoms with Crippen LogP contribution in [0.2, 0.25) is 5.02 Å². The molecule has 0 unspecified atom stereocenters. The van der Waals surface area contributed by atoms with Gasteiger partial charge in [-0.15, -0.1) is 0 Å². The number of hydrogen-bond acceptors (Lipinski definition) is 2. The lowest BCUT2D eigenvalue weighted by Gasteiger charge is -2.21. The monoisotopic (exact) mass is 345 g/mol. The van der Waals surface area contributed by atoms with Gasteiger partial charge in [-0.3, -0.25) is 4.79 Å². The maximum atomic E-state index is 12.3. The van der Waals surface area contributed by atoms with Crippen LogP contribution < -0.4 is 10.1 Å². The summed E-state index contributed by atoms with van der Waals surface area (Å²) >= 11 is 5.99. The molecule has 0 spiro atoms. The van der Waals surface area contributed by atoms with Crippen molar-refractivity contribution < 1.29 is 9.53 Å². The molecular weight excluding hydrogens is 322 g/mol. The molecule has 1 amide bonds. The molecule has 1 atom stereocenters. The van der Waals surface area contributed by atoms with Crippen molar-refractivity contribution in [1.29, 1.82) is 0 Å². The lowest BCUT2D eigenvalue weighted by molar-refractivity contribution is -0.124. The van der Waals surface area contributed by atoms with E-state index in [1.165, 1.54) is 0 Å². The van der Waals surface area contributed by atoms with Crippen LogP contribution in [-0.2, 0) is 4.79 Å². The quantitative estimate of drug-likeness (QED) is 0.772. The molecule has 2 aromatic carbocycles. The highest BCUT2D eigenvalue weighted by molar-refractivity contribution is 6.31. The Morgan fingerprint density at radius 1 is 1.17 bits per heavy atom. The second-order valence-corrected chi connectivity index (χ2v) is 6.77. The zero-order chi connectivity index (χ0) is 17.5. The molecule has 0 aliphatic carbocycles. The van der Waals surface area contributed by atoms with Gasteiger partial charge in [0, 0.05) is 5.02 Å². The summed E-state index contributed by atoms with van der Waals surface area (Å²) in [5, 5.41) is 3.76. The molecule has 2 aromatic rings. The van der Waals surface area contributed by atoms with Crippen molar-refractivity contribution in [1.82, 2.24) is 5.32 Å². The predicted molar refractivity (Wildman–Crippen MR) is 98.5 cm³/mol. The summed E-state index contributed by atoms with van der Waals surface area (Å²) in [6.07, 6.45) is 0.885. The summed E-state index contributed by atoms with van der Waals surface area (Å²) in [4.78, 5) is 12.3. The van der Waals surface area contributed by atoms with Crippen molar-refractivity contribution >= 4 is 17.5 Å². The van der Waals surface area contributed by atoms with Crippen LogP contribution >= 0.6 is 11.6 Å². The number of rotatable bonds is 7. The van der Waals surface area contributed by atoms with Crippen LogP contribution in [0.15, 0.2) is 48.5 Å². The van der Waals surface area contributed by atoms with Gasteiger partial charge in [-0.05, 0) is 48.6 Å². The second-order valence-electron chi connectivity index (χ2n) is 6.36. The predicted octanol–water partition coefficient (Wildman–Crippen LogP) is 4.93. The summed E-state index contributed by atoms with van der Waals surface area (Å²) < 4.78 is 5.57. The molecule has 3 nitrogen and oxygen atoms in total. The van der Waals surface area contributed by atoms with Crippen molar-refractivity contribution in [2.45, 2.75) is 33.2 Å². The molecule has 0 heterocycles. The van der Waals surface area contributed by atoms with Crippen molar-refractivity contribution in [2.24, 2.45) is 5.92 Å². The number of ether oxygens (including phenoxy) is 1. The average Bonchev–Trinajstić information content (AvgIpc) is 2.56. The van der Waals surface area contributed by atoms with E-state index in [9.17, 15) is 4.79 Å². The molecule has 0 aliphatic rings. The van der Waals surface area contributed by atoms with Crippen molar-refractivity contribution in [3.63, 3.8) is 0 Å². The van der Waals surface area contributed by atoms with E-state index in [4.69, 9.17) is 16.3 Å². The Hall–Kier alpha value is -2.00. The number of aryl methyl sites for hydroxylation is 1. The molecule has 2 rings (SSSR count). The Morgan fingerprint density at radius 3 is 2.50 bits per heavy atom. The minimum atomic E-state index is -0.128. The fraction of sp³-hybridized carbons (Fsp3) is 0.350. The highest BCUT2D eigenvalue weighted by atomic mass is 35.5. The van der Waals surface area contributed by atoms with Gasteiger partial charge in [0.15, 0.2) is 6.61 Å². The van der Waals surface area contributed by atoms with E-state index in [0.29, 0.717) is 16.7 Å². The standard InChI is InChI=1S/C20H24ClNO2/c1-14(2)11-19(16-7-5-4-6-8-16)22-20(23)13-24-17-9-10-18(21)15(3)12-17/h4-10,12,14,19H,11,13H2,1-3H3,(H,22,23)/t19-/m1/s1. The third kappa shape index (κ3) is 5.57. The van der Waals surface area contributed by atoms with Gasteiger partial charge < -0.3 is 10.1 Å². The maximum absolute atomic E-state index is 12.3. The third-order valence-corrected chi connectivity index (χ3v) is 4.17. The van der Waals surface area contributed by atoms with Gasteiger partial charge in [-0.2, -0.15) is 0 Å². The Kier molecular flexibility index (Phi) is 6.68. The van der Waals surface area contributed by atoms with Gasteiger partial charge in [-0.1, -0.05) is 55.8 Å². The first-order valence-electron chi connectivity index (χ1n) is 8.19. The van der Waals surface area contributed by atoms with Gasteiger partial charge in [0.25, 0.3) is 5.91 Å². The Morgan fingerprint density at radius 2 is 1.88 bits per heavy atom. The highest BCUT2D eigenvalue weighted by Gasteiger charge is 2.16. The maximum Gasteiger partial charge on any atom is 0.258 e. The third-order valence-electron chi connectivity index (χ3n) is 3.74. The zero-order valence-corrected chi connectivity index (χ0v) is 15.1. The summed E-state index contributed by atoms with van der Waals surface area (Å²) in [6, 6.07) is 15.4. The molecule has 0 saturated carbocycles. The van der Waals surface area contributed by atoms with Crippen molar-refractivity contribution in [3.05, 3.63) is 64.7 Å². The van der Waals surface area contributed by atoms with Crippen LogP contribution in [0.25, 0.3) is 0 Å². The number of nitrogens with one attached hydrogen (secondary N) is 1. The molecule has 24 heavy (non-hydrogen) atoms. The van der Waals surface area contributed by atoms with Gasteiger partial charge in [-0.25, -0.2) is 0 Å². The average molecular weight is 346 g/mol. The van der Waals surface area contributed by atoms with Gasteiger partial charge in [0.1, 0.15) is 5.75 Å². The summed E-state index contributed by atoms with van der Waals surface area (Å²) in [7, 11) is 0. The van der Waals surface area contributed by atoms with Crippen LogP contribution in [0.1, 0.15) is 37.4 Å². The molecule has 0 radical (unpaired) electrons. The Labute approximate surface area is 149 Å². The van der Waals surface area contributed by atoms with E-state index < -0.39 is 0 Å². The molecule has 0 aliphatic heterocycles. The van der Waals surface area contributed by atoms with Gasteiger partial charge in [0.2, 0.25) is 0 Å². The van der Waals surface area contributed by atoms with Gasteiger partial charge in [0.05, 0.1) is 6.04 Å². The van der Waals surface area contributed by atoms with Crippen molar-refractivity contribution in [3.8, 4) is 5.75 Å². The number of amides is 1. The SMILES string of the molecule is Cc1cc(OCC(=O)N[C@H](CC(C)C)c2ccccc2)ccc1Cl. The first kappa shape index (κ1) is 18.3. The molecule has 0 fully saturated rings. The first-order chi connectivity index (χ1) is 11.5. The number of benzene rings is 2. The minimum absolute atomic E-state index is 0.00532. The molecule has 0 aromatic heterocycles. The fourth-order valence-electron chi connectivity index (χ4n) is 2.53. The molecule has 4 heteroatoms. The summed E-state index contributed by atoms with van der Waals surface area (Å²) in [6.45, 7) is 6.19. The molecular formula is C20H24ClNO2. The second kappa shape index (κ2) is 8.74. The van der Waals surface area contributed by atoms with Crippen LogP contribution in [-0.4, -0.2) is 12.5 Å². The molecule has 128 valence electrons. The van der Waals surface area contributed by atoms with E-state index in [1.807, 2.05) is 43.3 Å². The molecule has 1 N–H and O–H groups in total. The van der Waals surface area contributed by atoms with Gasteiger partial charge >= 0.3 is 0 Å².